The minimum absolute atomic E-state index is 0.0248. The molecule has 0 spiro atoms. The third-order valence-electron chi connectivity index (χ3n) is 5.17. The van der Waals surface area contributed by atoms with Crippen LogP contribution in [0.3, 0.4) is 0 Å². The predicted molar refractivity (Wildman–Crippen MR) is 114 cm³/mol. The molecule has 0 bridgehead atoms. The first kappa shape index (κ1) is 19.6. The Morgan fingerprint density at radius 2 is 1.87 bits per heavy atom. The number of nitrogens with one attached hydrogen (secondary N) is 3. The molecule has 3 heterocycles. The molecule has 1 aromatic carbocycles. The standard InChI is InChI=1S/C22H23N5O3/c28-20(25-12-15-7-8-19(24-11-15)27-9-3-4-10-27)14-26-22(30)17-13-23-18-6-2-1-5-16(18)21(17)29/h1-2,5-8,11,13H,3-4,9-10,12,14H2,(H,23,29)(H,25,28)(H,26,30). The van der Waals surface area contributed by atoms with Crippen LogP contribution >= 0.6 is 0 Å². The number of rotatable bonds is 6. The summed E-state index contributed by atoms with van der Waals surface area (Å²) in [5.41, 5.74) is 1.14. The van der Waals surface area contributed by atoms with E-state index in [9.17, 15) is 14.4 Å². The van der Waals surface area contributed by atoms with Gasteiger partial charge in [0.25, 0.3) is 5.91 Å². The highest BCUT2D eigenvalue weighted by Gasteiger charge is 2.15. The first-order valence-electron chi connectivity index (χ1n) is 9.97. The van der Waals surface area contributed by atoms with Crippen LogP contribution in [0.5, 0.6) is 0 Å². The number of amides is 2. The maximum Gasteiger partial charge on any atom is 0.257 e. The summed E-state index contributed by atoms with van der Waals surface area (Å²) in [5.74, 6) is 0.0217. The van der Waals surface area contributed by atoms with E-state index in [0.29, 0.717) is 17.4 Å². The number of pyridine rings is 2. The van der Waals surface area contributed by atoms with Gasteiger partial charge in [-0.05, 0) is 36.6 Å². The van der Waals surface area contributed by atoms with Crippen molar-refractivity contribution in [1.82, 2.24) is 20.6 Å². The van der Waals surface area contributed by atoms with Crippen molar-refractivity contribution in [1.29, 1.82) is 0 Å². The molecule has 8 heteroatoms. The highest BCUT2D eigenvalue weighted by atomic mass is 16.2. The van der Waals surface area contributed by atoms with Crippen molar-refractivity contribution in [3.8, 4) is 0 Å². The van der Waals surface area contributed by atoms with E-state index >= 15 is 0 Å². The number of H-pyrrole nitrogens is 1. The second-order valence-electron chi connectivity index (χ2n) is 7.26. The van der Waals surface area contributed by atoms with Crippen LogP contribution < -0.4 is 21.0 Å². The number of nitrogens with zero attached hydrogens (tertiary/aromatic N) is 2. The molecule has 1 aliphatic heterocycles. The van der Waals surface area contributed by atoms with Crippen molar-refractivity contribution in [3.63, 3.8) is 0 Å². The fourth-order valence-corrected chi connectivity index (χ4v) is 3.51. The minimum Gasteiger partial charge on any atom is -0.360 e. The normalized spacial score (nSPS) is 13.4. The molecule has 8 nitrogen and oxygen atoms in total. The molecule has 0 aliphatic carbocycles. The van der Waals surface area contributed by atoms with Crippen molar-refractivity contribution in [3.05, 3.63) is 70.1 Å². The zero-order chi connectivity index (χ0) is 20.9. The molecule has 1 aliphatic rings. The Hall–Kier alpha value is -3.68. The first-order valence-corrected chi connectivity index (χ1v) is 9.97. The molecule has 1 fully saturated rings. The summed E-state index contributed by atoms with van der Waals surface area (Å²) in [6.45, 7) is 2.16. The molecule has 1 saturated heterocycles. The second-order valence-corrected chi connectivity index (χ2v) is 7.26. The Morgan fingerprint density at radius 1 is 1.07 bits per heavy atom. The van der Waals surface area contributed by atoms with Gasteiger partial charge in [-0.15, -0.1) is 0 Å². The van der Waals surface area contributed by atoms with Gasteiger partial charge < -0.3 is 20.5 Å². The summed E-state index contributed by atoms with van der Waals surface area (Å²) in [7, 11) is 0. The van der Waals surface area contributed by atoms with Crippen LogP contribution in [0.2, 0.25) is 0 Å². The van der Waals surface area contributed by atoms with E-state index in [0.717, 1.165) is 24.5 Å². The summed E-state index contributed by atoms with van der Waals surface area (Å²) in [6, 6.07) is 10.9. The highest BCUT2D eigenvalue weighted by molar-refractivity contribution is 5.98. The second kappa shape index (κ2) is 8.77. The van der Waals surface area contributed by atoms with Gasteiger partial charge in [0.2, 0.25) is 11.3 Å². The third kappa shape index (κ3) is 4.32. The van der Waals surface area contributed by atoms with Crippen LogP contribution in [-0.2, 0) is 11.3 Å². The molecule has 3 aromatic rings. The van der Waals surface area contributed by atoms with Crippen LogP contribution in [0.25, 0.3) is 10.9 Å². The van der Waals surface area contributed by atoms with Crippen molar-refractivity contribution in [2.24, 2.45) is 0 Å². The lowest BCUT2D eigenvalue weighted by Crippen LogP contribution is -2.38. The van der Waals surface area contributed by atoms with Crippen LogP contribution in [0.15, 0.2) is 53.6 Å². The number of anilines is 1. The third-order valence-corrected chi connectivity index (χ3v) is 5.17. The molecule has 2 amide bonds. The molecular formula is C22H23N5O3. The summed E-state index contributed by atoms with van der Waals surface area (Å²) >= 11 is 0. The lowest BCUT2D eigenvalue weighted by molar-refractivity contribution is -0.120. The van der Waals surface area contributed by atoms with Gasteiger partial charge in [-0.2, -0.15) is 0 Å². The average molecular weight is 405 g/mol. The van der Waals surface area contributed by atoms with E-state index in [4.69, 9.17) is 0 Å². The molecule has 2 aromatic heterocycles. The number of hydrogen-bond acceptors (Lipinski definition) is 5. The molecule has 3 N–H and O–H groups in total. The fraction of sp³-hybridized carbons (Fsp3) is 0.273. The fourth-order valence-electron chi connectivity index (χ4n) is 3.51. The molecule has 0 atom stereocenters. The molecule has 0 saturated carbocycles. The molecule has 4 rings (SSSR count). The maximum absolute atomic E-state index is 12.5. The van der Waals surface area contributed by atoms with Crippen molar-refractivity contribution in [2.45, 2.75) is 19.4 Å². The van der Waals surface area contributed by atoms with Crippen molar-refractivity contribution < 1.29 is 9.59 Å². The van der Waals surface area contributed by atoms with E-state index < -0.39 is 5.91 Å². The molecule has 30 heavy (non-hydrogen) atoms. The number of hydrogen-bond donors (Lipinski definition) is 3. The van der Waals surface area contributed by atoms with Crippen LogP contribution in [0.4, 0.5) is 5.82 Å². The van der Waals surface area contributed by atoms with Gasteiger partial charge in [0, 0.05) is 42.9 Å². The Labute approximate surface area is 173 Å². The van der Waals surface area contributed by atoms with Gasteiger partial charge in [0.15, 0.2) is 0 Å². The van der Waals surface area contributed by atoms with Gasteiger partial charge >= 0.3 is 0 Å². The monoisotopic (exact) mass is 405 g/mol. The van der Waals surface area contributed by atoms with Gasteiger partial charge in [-0.3, -0.25) is 14.4 Å². The molecule has 0 radical (unpaired) electrons. The first-order chi connectivity index (χ1) is 14.6. The Balaban J connectivity index is 1.29. The van der Waals surface area contributed by atoms with Crippen LogP contribution in [0, 0.1) is 0 Å². The lowest BCUT2D eigenvalue weighted by Gasteiger charge is -2.16. The Morgan fingerprint density at radius 3 is 2.63 bits per heavy atom. The highest BCUT2D eigenvalue weighted by Crippen LogP contribution is 2.17. The van der Waals surface area contributed by atoms with Crippen molar-refractivity contribution >= 4 is 28.5 Å². The van der Waals surface area contributed by atoms with Crippen LogP contribution in [0.1, 0.15) is 28.8 Å². The number of para-hydroxylation sites is 1. The average Bonchev–Trinajstić information content (AvgIpc) is 3.32. The van der Waals surface area contributed by atoms with E-state index in [1.807, 2.05) is 12.1 Å². The number of carbonyl (C=O) groups is 2. The quantitative estimate of drug-likeness (QED) is 0.577. The number of benzene rings is 1. The van der Waals surface area contributed by atoms with E-state index in [1.165, 1.54) is 19.0 Å². The number of carbonyl (C=O) groups excluding carboxylic acids is 2. The zero-order valence-electron chi connectivity index (χ0n) is 16.5. The maximum atomic E-state index is 12.5. The topological polar surface area (TPSA) is 107 Å². The summed E-state index contributed by atoms with van der Waals surface area (Å²) < 4.78 is 0. The van der Waals surface area contributed by atoms with Crippen LogP contribution in [-0.4, -0.2) is 41.4 Å². The Kier molecular flexibility index (Phi) is 5.74. The summed E-state index contributed by atoms with van der Waals surface area (Å²) in [4.78, 5) is 46.5. The minimum atomic E-state index is -0.589. The molecule has 0 unspecified atom stereocenters. The van der Waals surface area contributed by atoms with Crippen molar-refractivity contribution in [2.75, 3.05) is 24.5 Å². The van der Waals surface area contributed by atoms with E-state index in [1.54, 1.807) is 30.5 Å². The summed E-state index contributed by atoms with van der Waals surface area (Å²) in [6.07, 6.45) is 5.50. The van der Waals surface area contributed by atoms with Gasteiger partial charge in [0.1, 0.15) is 11.4 Å². The van der Waals surface area contributed by atoms with Gasteiger partial charge in [0.05, 0.1) is 6.54 Å². The largest absolute Gasteiger partial charge is 0.360 e. The summed E-state index contributed by atoms with van der Waals surface area (Å²) in [5, 5.41) is 5.67. The number of aromatic amines is 1. The SMILES string of the molecule is O=C(CNC(=O)c1c[nH]c2ccccc2c1=O)NCc1ccc(N2CCCC2)nc1. The van der Waals surface area contributed by atoms with E-state index in [2.05, 4.69) is 25.5 Å². The smallest absolute Gasteiger partial charge is 0.257 e. The number of fused-ring (bicyclic) bond motifs is 1. The van der Waals surface area contributed by atoms with Gasteiger partial charge in [-0.25, -0.2) is 4.98 Å². The Bertz CT molecular complexity index is 1120. The molecule has 154 valence electrons. The molecular weight excluding hydrogens is 382 g/mol. The predicted octanol–water partition coefficient (Wildman–Crippen LogP) is 1.57. The number of aromatic nitrogens is 2. The van der Waals surface area contributed by atoms with E-state index in [-0.39, 0.29) is 23.4 Å². The zero-order valence-corrected chi connectivity index (χ0v) is 16.5. The van der Waals surface area contributed by atoms with Gasteiger partial charge in [-0.1, -0.05) is 18.2 Å². The lowest BCUT2D eigenvalue weighted by atomic mass is 10.1.